The second-order valence-corrected chi connectivity index (χ2v) is 11.4. The molecule has 0 unspecified atom stereocenters. The lowest BCUT2D eigenvalue weighted by Gasteiger charge is -2.41. The predicted molar refractivity (Wildman–Crippen MR) is 162 cm³/mol. The lowest BCUT2D eigenvalue weighted by atomic mass is 9.94. The third-order valence-corrected chi connectivity index (χ3v) is 8.64. The van der Waals surface area contributed by atoms with Crippen molar-refractivity contribution >= 4 is 22.4 Å². The molecule has 4 N–H and O–H groups in total. The molecule has 1 aliphatic carbocycles. The van der Waals surface area contributed by atoms with Crippen molar-refractivity contribution in [2.45, 2.75) is 57.5 Å². The van der Waals surface area contributed by atoms with Crippen LogP contribution in [-0.2, 0) is 6.42 Å². The molecule has 0 bridgehead atoms. The van der Waals surface area contributed by atoms with E-state index in [1.54, 1.807) is 6.20 Å². The summed E-state index contributed by atoms with van der Waals surface area (Å²) in [6, 6.07) is 16.8. The Morgan fingerprint density at radius 1 is 1.05 bits per heavy atom. The fourth-order valence-electron chi connectivity index (χ4n) is 6.48. The van der Waals surface area contributed by atoms with Crippen molar-refractivity contribution in [3.63, 3.8) is 0 Å². The van der Waals surface area contributed by atoms with Gasteiger partial charge in [-0.3, -0.25) is 9.69 Å². The van der Waals surface area contributed by atoms with Crippen LogP contribution in [0.25, 0.3) is 22.4 Å². The van der Waals surface area contributed by atoms with Crippen molar-refractivity contribution in [1.29, 1.82) is 0 Å². The topological polar surface area (TPSA) is 100 Å². The summed E-state index contributed by atoms with van der Waals surface area (Å²) in [5.74, 6) is 0.526. The lowest BCUT2D eigenvalue weighted by Crippen LogP contribution is -2.50. The van der Waals surface area contributed by atoms with Gasteiger partial charge in [0.15, 0.2) is 0 Å². The number of rotatable bonds is 8. The summed E-state index contributed by atoms with van der Waals surface area (Å²) >= 11 is 0. The highest BCUT2D eigenvalue weighted by Crippen LogP contribution is 2.31. The van der Waals surface area contributed by atoms with E-state index in [1.807, 2.05) is 36.4 Å². The third-order valence-electron chi connectivity index (χ3n) is 8.64. The first-order chi connectivity index (χ1) is 19.6. The molecule has 0 radical (unpaired) electrons. The van der Waals surface area contributed by atoms with E-state index in [1.165, 1.54) is 37.8 Å². The molecule has 2 fully saturated rings. The van der Waals surface area contributed by atoms with Crippen LogP contribution in [0.15, 0.2) is 59.5 Å². The van der Waals surface area contributed by atoms with Crippen molar-refractivity contribution in [2.24, 2.45) is 0 Å². The maximum Gasteiger partial charge on any atom is 0.261 e. The molecule has 8 heteroatoms. The number of hydrogen-bond acceptors (Lipinski definition) is 6. The Bertz CT molecular complexity index is 1480. The van der Waals surface area contributed by atoms with Gasteiger partial charge in [0.05, 0.1) is 29.4 Å². The zero-order valence-corrected chi connectivity index (χ0v) is 23.3. The van der Waals surface area contributed by atoms with E-state index in [0.717, 1.165) is 54.4 Å². The number of aromatic amines is 2. The van der Waals surface area contributed by atoms with Gasteiger partial charge < -0.3 is 25.3 Å². The quantitative estimate of drug-likeness (QED) is 0.259. The number of pyridine rings is 1. The molecule has 1 saturated carbocycles. The van der Waals surface area contributed by atoms with Crippen LogP contribution in [0.2, 0.25) is 0 Å². The molecule has 1 aliphatic heterocycles. The molecule has 2 aromatic carbocycles. The molecule has 0 spiro atoms. The van der Waals surface area contributed by atoms with Crippen LogP contribution in [0.3, 0.4) is 0 Å². The normalized spacial score (nSPS) is 17.8. The predicted octanol–water partition coefficient (Wildman–Crippen LogP) is 4.70. The summed E-state index contributed by atoms with van der Waals surface area (Å²) < 4.78 is 0. The number of anilines is 2. The molecule has 1 saturated heterocycles. The summed E-state index contributed by atoms with van der Waals surface area (Å²) in [7, 11) is 0. The van der Waals surface area contributed by atoms with Crippen LogP contribution in [0.4, 0.5) is 11.4 Å². The number of benzene rings is 2. The van der Waals surface area contributed by atoms with Crippen LogP contribution in [-0.4, -0.2) is 69.8 Å². The largest absolute Gasteiger partial charge is 0.394 e. The van der Waals surface area contributed by atoms with E-state index in [2.05, 4.69) is 44.1 Å². The number of aromatic nitrogens is 3. The van der Waals surface area contributed by atoms with Gasteiger partial charge in [-0.2, -0.15) is 0 Å². The number of H-pyrrole nitrogens is 2. The highest BCUT2D eigenvalue weighted by Gasteiger charge is 2.26. The molecule has 4 aromatic rings. The summed E-state index contributed by atoms with van der Waals surface area (Å²) in [6.45, 7) is 6.30. The zero-order chi connectivity index (χ0) is 27.5. The van der Waals surface area contributed by atoms with Gasteiger partial charge in [-0.25, -0.2) is 4.98 Å². The van der Waals surface area contributed by atoms with E-state index in [9.17, 15) is 9.90 Å². The average Bonchev–Trinajstić information content (AvgIpc) is 3.42. The van der Waals surface area contributed by atoms with Gasteiger partial charge in [0.2, 0.25) is 0 Å². The van der Waals surface area contributed by atoms with Crippen LogP contribution in [0, 0.1) is 6.92 Å². The molecule has 1 atom stereocenters. The van der Waals surface area contributed by atoms with Crippen LogP contribution < -0.4 is 15.8 Å². The Morgan fingerprint density at radius 2 is 1.82 bits per heavy atom. The number of nitrogens with zero attached hydrogens (tertiary/aromatic N) is 3. The molecular weight excluding hydrogens is 500 g/mol. The lowest BCUT2D eigenvalue weighted by molar-refractivity contribution is 0.148. The third kappa shape index (κ3) is 5.64. The van der Waals surface area contributed by atoms with Gasteiger partial charge in [0.1, 0.15) is 11.4 Å². The van der Waals surface area contributed by atoms with E-state index >= 15 is 0 Å². The fraction of sp³-hybridized carbons (Fsp3) is 0.438. The number of piperazine rings is 1. The van der Waals surface area contributed by atoms with Gasteiger partial charge >= 0.3 is 0 Å². The number of imidazole rings is 1. The molecule has 210 valence electrons. The molecule has 3 heterocycles. The first-order valence-corrected chi connectivity index (χ1v) is 14.7. The number of hydrogen-bond donors (Lipinski definition) is 4. The minimum Gasteiger partial charge on any atom is -0.394 e. The smallest absolute Gasteiger partial charge is 0.261 e. The molecule has 6 rings (SSSR count). The van der Waals surface area contributed by atoms with E-state index in [4.69, 9.17) is 4.98 Å². The first-order valence-electron chi connectivity index (χ1n) is 14.7. The van der Waals surface area contributed by atoms with Gasteiger partial charge in [-0.15, -0.1) is 0 Å². The molecule has 0 amide bonds. The van der Waals surface area contributed by atoms with Crippen molar-refractivity contribution in [3.8, 4) is 11.4 Å². The second kappa shape index (κ2) is 11.9. The molecule has 40 heavy (non-hydrogen) atoms. The Labute approximate surface area is 235 Å². The summed E-state index contributed by atoms with van der Waals surface area (Å²) in [5, 5.41) is 13.5. The van der Waals surface area contributed by atoms with Crippen molar-refractivity contribution in [3.05, 3.63) is 76.2 Å². The van der Waals surface area contributed by atoms with Crippen LogP contribution in [0.1, 0.15) is 43.2 Å². The van der Waals surface area contributed by atoms with E-state index in [-0.39, 0.29) is 18.2 Å². The van der Waals surface area contributed by atoms with E-state index in [0.29, 0.717) is 23.5 Å². The number of aliphatic hydroxyl groups excluding tert-OH is 1. The maximum atomic E-state index is 13.1. The average molecular weight is 541 g/mol. The molecule has 2 aliphatic rings. The van der Waals surface area contributed by atoms with Gasteiger partial charge in [0.25, 0.3) is 5.56 Å². The Kier molecular flexibility index (Phi) is 7.89. The highest BCUT2D eigenvalue weighted by molar-refractivity contribution is 5.87. The van der Waals surface area contributed by atoms with Crippen LogP contribution in [0.5, 0.6) is 0 Å². The Balaban J connectivity index is 1.23. The molecular formula is C32H40N6O2. The molecule has 8 nitrogen and oxygen atoms in total. The van der Waals surface area contributed by atoms with Crippen molar-refractivity contribution in [1.82, 2.24) is 19.9 Å². The SMILES string of the molecule is Cc1cc(N2CCN(C3CCCCC3)CC2)cc2[nH]c(-c3c(N[C@H](CO)Cc4ccccc4)cc[nH]c3=O)nc12. The molecule has 2 aromatic heterocycles. The number of aliphatic hydroxyl groups is 1. The van der Waals surface area contributed by atoms with Crippen LogP contribution >= 0.6 is 0 Å². The number of aryl methyl sites for hydroxylation is 1. The minimum absolute atomic E-state index is 0.0578. The Morgan fingerprint density at radius 3 is 2.58 bits per heavy atom. The summed E-state index contributed by atoms with van der Waals surface area (Å²) in [6.07, 6.45) is 9.11. The maximum absolute atomic E-state index is 13.1. The van der Waals surface area contributed by atoms with Crippen molar-refractivity contribution in [2.75, 3.05) is 43.0 Å². The van der Waals surface area contributed by atoms with Gasteiger partial charge in [-0.05, 0) is 55.5 Å². The first kappa shape index (κ1) is 26.6. The monoisotopic (exact) mass is 540 g/mol. The van der Waals surface area contributed by atoms with E-state index < -0.39 is 0 Å². The van der Waals surface area contributed by atoms with Crippen molar-refractivity contribution < 1.29 is 5.11 Å². The second-order valence-electron chi connectivity index (χ2n) is 11.4. The minimum atomic E-state index is -0.243. The standard InChI is InChI=1S/C32H40N6O2/c1-22-18-26(38-16-14-37(15-17-38)25-10-6-3-7-11-25)20-28-30(22)36-31(35-28)29-27(12-13-33-32(29)40)34-24(21-39)19-23-8-4-2-5-9-23/h2,4-5,8-9,12-13,18,20,24-25,39H,3,6-7,10-11,14-17,19,21H2,1H3,(H,35,36)(H2,33,34,40)/t24-/m0/s1. The summed E-state index contributed by atoms with van der Waals surface area (Å²) in [4.78, 5) is 29.4. The zero-order valence-electron chi connectivity index (χ0n) is 23.3. The fourth-order valence-corrected chi connectivity index (χ4v) is 6.48. The Hall–Kier alpha value is -3.62. The highest BCUT2D eigenvalue weighted by atomic mass is 16.3. The summed E-state index contributed by atoms with van der Waals surface area (Å²) in [5.41, 5.74) is 6.08. The number of fused-ring (bicyclic) bond motifs is 1. The van der Waals surface area contributed by atoms with Gasteiger partial charge in [-0.1, -0.05) is 49.6 Å². The number of nitrogens with one attached hydrogen (secondary N) is 3. The van der Waals surface area contributed by atoms with Gasteiger partial charge in [0, 0.05) is 44.1 Å².